The van der Waals surface area contributed by atoms with E-state index in [2.05, 4.69) is 0 Å². The molecule has 0 aromatic heterocycles. The Morgan fingerprint density at radius 3 is 1.92 bits per heavy atom. The van der Waals surface area contributed by atoms with Gasteiger partial charge in [-0.3, -0.25) is 4.31 Å². The van der Waals surface area contributed by atoms with Crippen molar-refractivity contribution in [3.8, 4) is 17.2 Å². The number of methoxy groups -OCH3 is 1. The van der Waals surface area contributed by atoms with Gasteiger partial charge in [-0.05, 0) is 77.2 Å². The third kappa shape index (κ3) is 4.79. The largest absolute Gasteiger partial charge is 0.508 e. The van der Waals surface area contributed by atoms with Gasteiger partial charge in [-0.15, -0.1) is 0 Å². The van der Waals surface area contributed by atoms with Crippen molar-refractivity contribution in [3.05, 3.63) is 83.9 Å². The minimum Gasteiger partial charge on any atom is -0.508 e. The normalized spacial score (nSPS) is 21.1. The molecule has 3 aromatic carbocycles. The second-order valence-corrected chi connectivity index (χ2v) is 11.2. The van der Waals surface area contributed by atoms with Crippen LogP contribution >= 0.6 is 0 Å². The Hall–Kier alpha value is -3.70. The number of halogens is 3. The van der Waals surface area contributed by atoms with Crippen LogP contribution in [0, 0.1) is 0 Å². The third-order valence-corrected chi connectivity index (χ3v) is 8.88. The van der Waals surface area contributed by atoms with Crippen LogP contribution in [0.5, 0.6) is 17.2 Å². The molecule has 0 saturated carbocycles. The van der Waals surface area contributed by atoms with Crippen molar-refractivity contribution in [3.63, 3.8) is 0 Å². The lowest BCUT2D eigenvalue weighted by molar-refractivity contribution is -0.117. The van der Waals surface area contributed by atoms with Crippen LogP contribution in [0.15, 0.2) is 72.8 Å². The van der Waals surface area contributed by atoms with Crippen LogP contribution in [0.1, 0.15) is 17.5 Å². The van der Waals surface area contributed by atoms with E-state index in [1.54, 1.807) is 24.3 Å². The summed E-state index contributed by atoms with van der Waals surface area (Å²) in [5.41, 5.74) is 2.34. The molecule has 2 aliphatic rings. The maximum Gasteiger partial charge on any atom is 0.407 e. The molecule has 0 amide bonds. The predicted octanol–water partition coefficient (Wildman–Crippen LogP) is 4.96. The molecule has 1 fully saturated rings. The van der Waals surface area contributed by atoms with E-state index < -0.39 is 40.2 Å². The van der Waals surface area contributed by atoms with Crippen molar-refractivity contribution in [2.75, 3.05) is 18.0 Å². The minimum atomic E-state index is -4.79. The number of nitrogens with zero attached hydrogens (tertiary/aromatic N) is 1. The summed E-state index contributed by atoms with van der Waals surface area (Å²) in [5.74, 6) is 0.425. The van der Waals surface area contributed by atoms with E-state index in [-0.39, 0.29) is 23.6 Å². The van der Waals surface area contributed by atoms with Gasteiger partial charge in [0.25, 0.3) is 0 Å². The fourth-order valence-electron chi connectivity index (χ4n) is 5.05. The van der Waals surface area contributed by atoms with Crippen molar-refractivity contribution >= 4 is 26.9 Å². The highest BCUT2D eigenvalue weighted by molar-refractivity contribution is 7.93. The van der Waals surface area contributed by atoms with Gasteiger partial charge in [0.15, 0.2) is 0 Å². The lowest BCUT2D eigenvalue weighted by Crippen LogP contribution is -2.47. The fourth-order valence-corrected chi connectivity index (χ4v) is 7.04. The van der Waals surface area contributed by atoms with Gasteiger partial charge < -0.3 is 19.7 Å². The summed E-state index contributed by atoms with van der Waals surface area (Å²) in [6.07, 6.45) is -6.59. The second-order valence-electron chi connectivity index (χ2n) is 9.11. The SMILES string of the molecule is COc1ccc(N(CC(F)(F)F)S(=O)(=O)C2C[C@H]3O[C@@H]2C(c2ccc(O)cc2)=C3c2ccc(O)cc2)cc1. The van der Waals surface area contributed by atoms with E-state index in [0.29, 0.717) is 32.3 Å². The minimum absolute atomic E-state index is 0.00429. The average Bonchev–Trinajstić information content (AvgIpc) is 3.48. The number of ether oxygens (including phenoxy) is 2. The van der Waals surface area contributed by atoms with Crippen molar-refractivity contribution in [2.45, 2.75) is 30.1 Å². The molecular weight excluding hydrogens is 523 g/mol. The molecule has 0 spiro atoms. The van der Waals surface area contributed by atoms with Gasteiger partial charge in [-0.1, -0.05) is 24.3 Å². The molecule has 1 saturated heterocycles. The zero-order chi connectivity index (χ0) is 27.2. The third-order valence-electron chi connectivity index (χ3n) is 6.72. The van der Waals surface area contributed by atoms with Crippen LogP contribution in [-0.4, -0.2) is 55.9 Å². The lowest BCUT2D eigenvalue weighted by Gasteiger charge is -2.32. The average molecular weight is 548 g/mol. The van der Waals surface area contributed by atoms with Crippen LogP contribution in [-0.2, 0) is 14.8 Å². The number of alkyl halides is 3. The monoisotopic (exact) mass is 547 g/mol. The van der Waals surface area contributed by atoms with Gasteiger partial charge in [0, 0.05) is 0 Å². The zero-order valence-electron chi connectivity index (χ0n) is 20.1. The summed E-state index contributed by atoms with van der Waals surface area (Å²) in [5, 5.41) is 18.2. The number of benzene rings is 3. The number of hydrogen-bond donors (Lipinski definition) is 2. The molecule has 0 aliphatic carbocycles. The van der Waals surface area contributed by atoms with Gasteiger partial charge in [0.05, 0.1) is 18.9 Å². The van der Waals surface area contributed by atoms with E-state index >= 15 is 0 Å². The molecule has 3 atom stereocenters. The molecule has 1 unspecified atom stereocenters. The van der Waals surface area contributed by atoms with E-state index in [1.807, 2.05) is 0 Å². The first-order valence-electron chi connectivity index (χ1n) is 11.7. The molecule has 3 aromatic rings. The highest BCUT2D eigenvalue weighted by Gasteiger charge is 2.55. The van der Waals surface area contributed by atoms with Crippen LogP contribution in [0.3, 0.4) is 0 Å². The highest BCUT2D eigenvalue weighted by atomic mass is 32.2. The maximum absolute atomic E-state index is 13.9. The summed E-state index contributed by atoms with van der Waals surface area (Å²) in [7, 11) is -3.18. The summed E-state index contributed by atoms with van der Waals surface area (Å²) < 4.78 is 80.2. The number of anilines is 1. The Kier molecular flexibility index (Phi) is 6.52. The fraction of sp³-hybridized carbons (Fsp3) is 0.259. The molecule has 7 nitrogen and oxygen atoms in total. The number of aromatic hydroxyl groups is 2. The van der Waals surface area contributed by atoms with E-state index in [9.17, 15) is 31.8 Å². The van der Waals surface area contributed by atoms with E-state index in [1.165, 1.54) is 55.6 Å². The highest BCUT2D eigenvalue weighted by Crippen LogP contribution is 2.51. The van der Waals surface area contributed by atoms with E-state index in [4.69, 9.17) is 9.47 Å². The molecule has 0 radical (unpaired) electrons. The quantitative estimate of drug-likeness (QED) is 0.434. The first-order valence-corrected chi connectivity index (χ1v) is 13.2. The smallest absolute Gasteiger partial charge is 0.407 e. The lowest BCUT2D eigenvalue weighted by atomic mass is 9.83. The van der Waals surface area contributed by atoms with Gasteiger partial charge >= 0.3 is 6.18 Å². The molecule has 2 N–H and O–H groups in total. The zero-order valence-corrected chi connectivity index (χ0v) is 20.9. The topological polar surface area (TPSA) is 96.3 Å². The molecule has 38 heavy (non-hydrogen) atoms. The molecule has 2 bridgehead atoms. The van der Waals surface area contributed by atoms with Crippen LogP contribution in [0.4, 0.5) is 18.9 Å². The van der Waals surface area contributed by atoms with Crippen molar-refractivity contribution < 1.29 is 41.3 Å². The first kappa shape index (κ1) is 25.9. The molecule has 5 rings (SSSR count). The number of hydrogen-bond acceptors (Lipinski definition) is 6. The number of phenolic OH excluding ortho intramolecular Hbond substituents is 2. The molecule has 11 heteroatoms. The van der Waals surface area contributed by atoms with Crippen LogP contribution < -0.4 is 9.04 Å². The maximum atomic E-state index is 13.9. The number of phenols is 2. The summed E-state index contributed by atoms with van der Waals surface area (Å²) >= 11 is 0. The van der Waals surface area contributed by atoms with E-state index in [0.717, 1.165) is 0 Å². The van der Waals surface area contributed by atoms with Gasteiger partial charge in [-0.2, -0.15) is 13.2 Å². The second kappa shape index (κ2) is 9.55. The van der Waals surface area contributed by atoms with Crippen molar-refractivity contribution in [1.29, 1.82) is 0 Å². The standard InChI is InChI=1S/C27H24F3NO6S/c1-36-21-12-6-18(7-13-21)31(15-27(28,29)30)38(34,35)23-14-22-24(16-2-8-19(32)9-3-16)25(26(23)37-22)17-4-10-20(33)11-5-17/h2-13,22-23,26,32-33H,14-15H2,1H3/t22-,23?,26+/m1/s1. The Labute approximate surface area is 217 Å². The molecule has 2 aliphatic heterocycles. The van der Waals surface area contributed by atoms with Crippen molar-refractivity contribution in [2.24, 2.45) is 0 Å². The number of sulfonamides is 1. The predicted molar refractivity (Wildman–Crippen MR) is 135 cm³/mol. The summed E-state index contributed by atoms with van der Waals surface area (Å²) in [6.45, 7) is -1.70. The summed E-state index contributed by atoms with van der Waals surface area (Å²) in [6, 6.07) is 17.8. The van der Waals surface area contributed by atoms with Gasteiger partial charge in [0.2, 0.25) is 10.0 Å². The molecule has 2 heterocycles. The Morgan fingerprint density at radius 2 is 1.42 bits per heavy atom. The number of fused-ring (bicyclic) bond motifs is 2. The van der Waals surface area contributed by atoms with Crippen LogP contribution in [0.25, 0.3) is 11.1 Å². The Morgan fingerprint density at radius 1 is 0.895 bits per heavy atom. The number of rotatable bonds is 7. The summed E-state index contributed by atoms with van der Waals surface area (Å²) in [4.78, 5) is 0. The molecular formula is C27H24F3NO6S. The van der Waals surface area contributed by atoms with Crippen LogP contribution in [0.2, 0.25) is 0 Å². The Bertz CT molecular complexity index is 1450. The van der Waals surface area contributed by atoms with Crippen molar-refractivity contribution in [1.82, 2.24) is 0 Å². The Balaban J connectivity index is 1.60. The molecule has 200 valence electrons. The van der Waals surface area contributed by atoms with Gasteiger partial charge in [-0.25, -0.2) is 8.42 Å². The van der Waals surface area contributed by atoms with Gasteiger partial charge in [0.1, 0.15) is 35.1 Å². The first-order chi connectivity index (χ1) is 18.0.